The van der Waals surface area contributed by atoms with Crippen molar-refractivity contribution in [3.05, 3.63) is 35.9 Å². The molecule has 2 fully saturated rings. The monoisotopic (exact) mass is 329 g/mol. The molecule has 24 heavy (non-hydrogen) atoms. The van der Waals surface area contributed by atoms with Gasteiger partial charge in [0.1, 0.15) is 0 Å². The molecule has 1 saturated carbocycles. The topological polar surface area (TPSA) is 49.6 Å². The van der Waals surface area contributed by atoms with Gasteiger partial charge in [0.15, 0.2) is 0 Å². The van der Waals surface area contributed by atoms with Gasteiger partial charge < -0.3 is 10.6 Å². The van der Waals surface area contributed by atoms with E-state index in [-0.39, 0.29) is 11.9 Å². The second-order valence-electron chi connectivity index (χ2n) is 7.41. The van der Waals surface area contributed by atoms with Crippen molar-refractivity contribution in [2.24, 2.45) is 11.7 Å². The molecule has 1 aliphatic heterocycles. The fourth-order valence-corrected chi connectivity index (χ4v) is 4.05. The number of piperazine rings is 1. The Balaban J connectivity index is 1.41. The summed E-state index contributed by atoms with van der Waals surface area (Å²) in [6.45, 7) is 4.97. The molecule has 132 valence electrons. The van der Waals surface area contributed by atoms with Crippen molar-refractivity contribution >= 4 is 5.91 Å². The van der Waals surface area contributed by atoms with E-state index >= 15 is 0 Å². The van der Waals surface area contributed by atoms with Gasteiger partial charge in [0.25, 0.3) is 0 Å². The van der Waals surface area contributed by atoms with Crippen LogP contribution in [0.2, 0.25) is 0 Å². The van der Waals surface area contributed by atoms with Crippen molar-refractivity contribution in [2.45, 2.75) is 44.6 Å². The van der Waals surface area contributed by atoms with Crippen molar-refractivity contribution in [2.75, 3.05) is 32.7 Å². The van der Waals surface area contributed by atoms with Crippen molar-refractivity contribution in [3.8, 4) is 0 Å². The Bertz CT molecular complexity index is 505. The zero-order valence-electron chi connectivity index (χ0n) is 14.7. The fourth-order valence-electron chi connectivity index (χ4n) is 4.05. The van der Waals surface area contributed by atoms with E-state index in [9.17, 15) is 4.79 Å². The van der Waals surface area contributed by atoms with Crippen molar-refractivity contribution in [1.29, 1.82) is 0 Å². The van der Waals surface area contributed by atoms with E-state index < -0.39 is 0 Å². The highest BCUT2D eigenvalue weighted by Gasteiger charge is 2.25. The first kappa shape index (κ1) is 17.4. The van der Waals surface area contributed by atoms with Gasteiger partial charge >= 0.3 is 0 Å². The number of carbonyl (C=O) groups excluding carboxylic acids is 1. The molecule has 1 aliphatic carbocycles. The smallest absolute Gasteiger partial charge is 0.224 e. The van der Waals surface area contributed by atoms with Crippen LogP contribution in [-0.4, -0.2) is 48.4 Å². The van der Waals surface area contributed by atoms with Crippen molar-refractivity contribution in [1.82, 2.24) is 9.80 Å². The minimum absolute atomic E-state index is 0.195. The normalized spacial score (nSPS) is 21.6. The van der Waals surface area contributed by atoms with Gasteiger partial charge in [-0.1, -0.05) is 49.6 Å². The Labute approximate surface area is 146 Å². The van der Waals surface area contributed by atoms with Gasteiger partial charge in [-0.2, -0.15) is 0 Å². The Morgan fingerprint density at radius 2 is 1.71 bits per heavy atom. The second kappa shape index (κ2) is 8.63. The highest BCUT2D eigenvalue weighted by Crippen LogP contribution is 2.25. The highest BCUT2D eigenvalue weighted by atomic mass is 16.2. The van der Waals surface area contributed by atoms with Crippen LogP contribution >= 0.6 is 0 Å². The average Bonchev–Trinajstić information content (AvgIpc) is 2.64. The van der Waals surface area contributed by atoms with Crippen LogP contribution in [0.1, 0.15) is 50.1 Å². The minimum atomic E-state index is -0.195. The zero-order valence-corrected chi connectivity index (χ0v) is 14.7. The third-order valence-corrected chi connectivity index (χ3v) is 5.59. The molecular formula is C20H31N3O. The third kappa shape index (κ3) is 4.81. The molecule has 1 unspecified atom stereocenters. The number of amides is 1. The maximum atomic E-state index is 12.5. The van der Waals surface area contributed by atoms with Crippen LogP contribution in [0, 0.1) is 5.92 Å². The van der Waals surface area contributed by atoms with Gasteiger partial charge in [-0.05, 0) is 24.3 Å². The van der Waals surface area contributed by atoms with Crippen LogP contribution in [-0.2, 0) is 4.79 Å². The maximum absolute atomic E-state index is 12.5. The van der Waals surface area contributed by atoms with Crippen molar-refractivity contribution in [3.63, 3.8) is 0 Å². The molecule has 1 aromatic carbocycles. The lowest BCUT2D eigenvalue weighted by atomic mass is 9.89. The highest BCUT2D eigenvalue weighted by molar-refractivity contribution is 5.77. The summed E-state index contributed by atoms with van der Waals surface area (Å²) in [6, 6.07) is 9.73. The Kier molecular flexibility index (Phi) is 6.27. The quantitative estimate of drug-likeness (QED) is 0.904. The molecule has 1 amide bonds. The summed E-state index contributed by atoms with van der Waals surface area (Å²) in [5, 5.41) is 0. The van der Waals surface area contributed by atoms with Gasteiger partial charge in [-0.15, -0.1) is 0 Å². The Hall–Kier alpha value is -1.39. The Morgan fingerprint density at radius 3 is 2.38 bits per heavy atom. The summed E-state index contributed by atoms with van der Waals surface area (Å²) in [5.41, 5.74) is 7.24. The lowest BCUT2D eigenvalue weighted by Gasteiger charge is -2.37. The fraction of sp³-hybridized carbons (Fsp3) is 0.650. The molecule has 2 N–H and O–H groups in total. The van der Waals surface area contributed by atoms with E-state index in [4.69, 9.17) is 5.73 Å². The molecule has 0 radical (unpaired) electrons. The summed E-state index contributed by atoms with van der Waals surface area (Å²) in [5.74, 6) is 1.08. The predicted molar refractivity (Wildman–Crippen MR) is 97.6 cm³/mol. The second-order valence-corrected chi connectivity index (χ2v) is 7.41. The molecule has 0 spiro atoms. The van der Waals surface area contributed by atoms with Crippen LogP contribution in [0.5, 0.6) is 0 Å². The van der Waals surface area contributed by atoms with Crippen molar-refractivity contribution < 1.29 is 4.79 Å². The number of hydrogen-bond donors (Lipinski definition) is 1. The number of nitrogens with zero attached hydrogens (tertiary/aromatic N) is 2. The molecule has 1 saturated heterocycles. The van der Waals surface area contributed by atoms with E-state index in [0.717, 1.165) is 37.7 Å². The van der Waals surface area contributed by atoms with E-state index in [1.807, 2.05) is 35.2 Å². The van der Waals surface area contributed by atoms with Crippen LogP contribution < -0.4 is 5.73 Å². The van der Waals surface area contributed by atoms with Gasteiger partial charge in [-0.25, -0.2) is 0 Å². The molecule has 1 aromatic rings. The first-order chi connectivity index (χ1) is 11.7. The molecule has 4 nitrogen and oxygen atoms in total. The summed E-state index contributed by atoms with van der Waals surface area (Å²) in [4.78, 5) is 17.1. The van der Waals surface area contributed by atoms with E-state index in [1.54, 1.807) is 0 Å². The Morgan fingerprint density at radius 1 is 1.04 bits per heavy atom. The number of rotatable bonds is 5. The van der Waals surface area contributed by atoms with Gasteiger partial charge in [-0.3, -0.25) is 9.69 Å². The molecule has 4 heteroatoms. The largest absolute Gasteiger partial charge is 0.340 e. The molecule has 0 bridgehead atoms. The number of hydrogen-bond acceptors (Lipinski definition) is 3. The van der Waals surface area contributed by atoms with Crippen LogP contribution in [0.15, 0.2) is 30.3 Å². The summed E-state index contributed by atoms with van der Waals surface area (Å²) < 4.78 is 0. The maximum Gasteiger partial charge on any atom is 0.224 e. The molecular weight excluding hydrogens is 298 g/mol. The summed E-state index contributed by atoms with van der Waals surface area (Å²) >= 11 is 0. The van der Waals surface area contributed by atoms with E-state index in [2.05, 4.69) is 4.90 Å². The van der Waals surface area contributed by atoms with Gasteiger partial charge in [0.05, 0.1) is 0 Å². The summed E-state index contributed by atoms with van der Waals surface area (Å²) in [6.07, 6.45) is 7.42. The SMILES string of the molecule is NC(CC(=O)N1CCN(CC2CCCCC2)CC1)c1ccccc1. The number of nitrogens with two attached hydrogens (primary N) is 1. The zero-order chi connectivity index (χ0) is 16.8. The van der Waals surface area contributed by atoms with Gasteiger partial charge in [0.2, 0.25) is 5.91 Å². The van der Waals surface area contributed by atoms with Crippen LogP contribution in [0.25, 0.3) is 0 Å². The molecule has 2 aliphatic rings. The lowest BCUT2D eigenvalue weighted by Crippen LogP contribution is -2.50. The summed E-state index contributed by atoms with van der Waals surface area (Å²) in [7, 11) is 0. The molecule has 3 rings (SSSR count). The molecule has 1 heterocycles. The molecule has 0 aromatic heterocycles. The minimum Gasteiger partial charge on any atom is -0.340 e. The van der Waals surface area contributed by atoms with Crippen LogP contribution in [0.3, 0.4) is 0 Å². The van der Waals surface area contributed by atoms with E-state index in [0.29, 0.717) is 6.42 Å². The average molecular weight is 329 g/mol. The number of benzene rings is 1. The first-order valence-electron chi connectivity index (χ1n) is 9.53. The standard InChI is InChI=1S/C20H31N3O/c21-19(18-9-5-2-6-10-18)15-20(24)23-13-11-22(12-14-23)16-17-7-3-1-4-8-17/h2,5-6,9-10,17,19H,1,3-4,7-8,11-16,21H2. The number of carbonyl (C=O) groups is 1. The van der Waals surface area contributed by atoms with Gasteiger partial charge in [0, 0.05) is 45.2 Å². The third-order valence-electron chi connectivity index (χ3n) is 5.59. The lowest BCUT2D eigenvalue weighted by molar-refractivity contribution is -0.133. The van der Waals surface area contributed by atoms with Crippen LogP contribution in [0.4, 0.5) is 0 Å². The molecule has 1 atom stereocenters. The first-order valence-corrected chi connectivity index (χ1v) is 9.53. The predicted octanol–water partition coefficient (Wildman–Crippen LogP) is 2.80. The van der Waals surface area contributed by atoms with E-state index in [1.165, 1.54) is 38.6 Å².